The zero-order chi connectivity index (χ0) is 14.0. The Labute approximate surface area is 114 Å². The van der Waals surface area contributed by atoms with Gasteiger partial charge in [0.25, 0.3) is 5.91 Å². The third-order valence-electron chi connectivity index (χ3n) is 3.85. The molecule has 1 amide bonds. The van der Waals surface area contributed by atoms with E-state index in [1.165, 1.54) is 0 Å². The summed E-state index contributed by atoms with van der Waals surface area (Å²) in [6.45, 7) is 3.89. The van der Waals surface area contributed by atoms with Gasteiger partial charge >= 0.3 is 0 Å². The predicted molar refractivity (Wildman–Crippen MR) is 75.5 cm³/mol. The van der Waals surface area contributed by atoms with Crippen LogP contribution in [-0.4, -0.2) is 54.0 Å². The maximum atomic E-state index is 12.4. The van der Waals surface area contributed by atoms with Gasteiger partial charge in [-0.25, -0.2) is 0 Å². The fourth-order valence-electron chi connectivity index (χ4n) is 2.63. The van der Waals surface area contributed by atoms with Crippen LogP contribution in [0.15, 0.2) is 18.2 Å². The number of hydrogen-bond acceptors (Lipinski definition) is 3. The third kappa shape index (κ3) is 3.07. The number of phenolic OH excluding ortho intramolecular Hbond substituents is 1. The number of piperidine rings is 1. The zero-order valence-corrected chi connectivity index (χ0v) is 11.9. The molecule has 1 heterocycles. The van der Waals surface area contributed by atoms with Crippen LogP contribution in [0.4, 0.5) is 0 Å². The number of benzene rings is 1. The number of nitrogens with zero attached hydrogens (tertiary/aromatic N) is 2. The maximum absolute atomic E-state index is 12.4. The smallest absolute Gasteiger partial charge is 0.257 e. The molecule has 0 aromatic heterocycles. The lowest BCUT2D eigenvalue weighted by atomic mass is 10.0. The van der Waals surface area contributed by atoms with Crippen LogP contribution < -0.4 is 0 Å². The second-order valence-electron chi connectivity index (χ2n) is 5.49. The molecule has 104 valence electrons. The van der Waals surface area contributed by atoms with Gasteiger partial charge in [-0.05, 0) is 51.1 Å². The van der Waals surface area contributed by atoms with Crippen molar-refractivity contribution in [1.82, 2.24) is 9.80 Å². The molecule has 1 aromatic carbocycles. The number of phenols is 1. The van der Waals surface area contributed by atoms with E-state index >= 15 is 0 Å². The van der Waals surface area contributed by atoms with Crippen LogP contribution in [0.3, 0.4) is 0 Å². The number of aromatic hydroxyl groups is 1. The van der Waals surface area contributed by atoms with E-state index in [0.29, 0.717) is 5.56 Å². The standard InChI is InChI=1S/C15H22N2O2/c1-11-6-7-13(14(18)9-11)15(19)17(3)12-5-4-8-16(2)10-12/h6-7,9,12,18H,4-5,8,10H2,1-3H3. The highest BCUT2D eigenvalue weighted by Gasteiger charge is 2.26. The van der Waals surface area contributed by atoms with Crippen molar-refractivity contribution in [2.45, 2.75) is 25.8 Å². The normalized spacial score (nSPS) is 20.3. The second-order valence-corrected chi connectivity index (χ2v) is 5.49. The fraction of sp³-hybridized carbons (Fsp3) is 0.533. The largest absolute Gasteiger partial charge is 0.507 e. The van der Waals surface area contributed by atoms with Crippen molar-refractivity contribution in [3.63, 3.8) is 0 Å². The van der Waals surface area contributed by atoms with Crippen molar-refractivity contribution in [3.05, 3.63) is 29.3 Å². The van der Waals surface area contributed by atoms with Crippen LogP contribution in [0.2, 0.25) is 0 Å². The molecule has 1 unspecified atom stereocenters. The molecule has 0 spiro atoms. The second kappa shape index (κ2) is 5.61. The molecule has 4 heteroatoms. The highest BCUT2D eigenvalue weighted by Crippen LogP contribution is 2.22. The van der Waals surface area contributed by atoms with Gasteiger partial charge in [-0.15, -0.1) is 0 Å². The number of likely N-dealkylation sites (tertiary alicyclic amines) is 1. The van der Waals surface area contributed by atoms with E-state index in [9.17, 15) is 9.90 Å². The number of carbonyl (C=O) groups excluding carboxylic acids is 1. The first kappa shape index (κ1) is 13.9. The van der Waals surface area contributed by atoms with Gasteiger partial charge in [0, 0.05) is 19.6 Å². The average molecular weight is 262 g/mol. The number of carbonyl (C=O) groups is 1. The monoisotopic (exact) mass is 262 g/mol. The highest BCUT2D eigenvalue weighted by atomic mass is 16.3. The van der Waals surface area contributed by atoms with E-state index in [2.05, 4.69) is 11.9 Å². The van der Waals surface area contributed by atoms with Gasteiger partial charge in [-0.1, -0.05) is 6.07 Å². The lowest BCUT2D eigenvalue weighted by molar-refractivity contribution is 0.0641. The lowest BCUT2D eigenvalue weighted by Crippen LogP contribution is -2.47. The number of amides is 1. The molecule has 19 heavy (non-hydrogen) atoms. The van der Waals surface area contributed by atoms with E-state index in [0.717, 1.165) is 31.5 Å². The van der Waals surface area contributed by atoms with Crippen LogP contribution in [0.5, 0.6) is 5.75 Å². The SMILES string of the molecule is Cc1ccc(C(=O)N(C)C2CCCN(C)C2)c(O)c1. The molecular formula is C15H22N2O2. The fourth-order valence-corrected chi connectivity index (χ4v) is 2.63. The van der Waals surface area contributed by atoms with Gasteiger partial charge in [0.05, 0.1) is 5.56 Å². The van der Waals surface area contributed by atoms with Crippen molar-refractivity contribution in [2.24, 2.45) is 0 Å². The van der Waals surface area contributed by atoms with Gasteiger partial charge in [0.2, 0.25) is 0 Å². The number of rotatable bonds is 2. The molecule has 2 rings (SSSR count). The predicted octanol–water partition coefficient (Wildman–Crippen LogP) is 1.87. The van der Waals surface area contributed by atoms with Crippen LogP contribution >= 0.6 is 0 Å². The summed E-state index contributed by atoms with van der Waals surface area (Å²) in [5.74, 6) is -0.0289. The van der Waals surface area contributed by atoms with E-state index in [1.54, 1.807) is 17.0 Å². The first-order valence-electron chi connectivity index (χ1n) is 6.74. The topological polar surface area (TPSA) is 43.8 Å². The molecule has 0 saturated carbocycles. The summed E-state index contributed by atoms with van der Waals surface area (Å²) >= 11 is 0. The Balaban J connectivity index is 2.14. The Morgan fingerprint density at radius 2 is 2.21 bits per heavy atom. The molecule has 1 fully saturated rings. The van der Waals surface area contributed by atoms with Crippen LogP contribution in [0.25, 0.3) is 0 Å². The van der Waals surface area contributed by atoms with E-state index in [-0.39, 0.29) is 17.7 Å². The Bertz CT molecular complexity index is 473. The van der Waals surface area contributed by atoms with Crippen LogP contribution in [-0.2, 0) is 0 Å². The lowest BCUT2D eigenvalue weighted by Gasteiger charge is -2.36. The molecule has 0 aliphatic carbocycles. The van der Waals surface area contributed by atoms with Crippen molar-refractivity contribution in [2.75, 3.05) is 27.2 Å². The van der Waals surface area contributed by atoms with Crippen molar-refractivity contribution in [3.8, 4) is 5.75 Å². The molecule has 1 N–H and O–H groups in total. The minimum Gasteiger partial charge on any atom is -0.507 e. The molecule has 0 radical (unpaired) electrons. The van der Waals surface area contributed by atoms with E-state index in [1.807, 2.05) is 20.0 Å². The summed E-state index contributed by atoms with van der Waals surface area (Å²) in [6.07, 6.45) is 2.14. The first-order valence-corrected chi connectivity index (χ1v) is 6.74. The summed E-state index contributed by atoms with van der Waals surface area (Å²) in [6, 6.07) is 5.42. The van der Waals surface area contributed by atoms with Crippen LogP contribution in [0.1, 0.15) is 28.8 Å². The molecule has 1 aromatic rings. The van der Waals surface area contributed by atoms with Gasteiger partial charge in [0.1, 0.15) is 5.75 Å². The molecule has 1 aliphatic rings. The van der Waals surface area contributed by atoms with E-state index < -0.39 is 0 Å². The number of aryl methyl sites for hydroxylation is 1. The Hall–Kier alpha value is -1.55. The first-order chi connectivity index (χ1) is 8.99. The Kier molecular flexibility index (Phi) is 4.10. The minimum absolute atomic E-state index is 0.0704. The number of likely N-dealkylation sites (N-methyl/N-ethyl adjacent to an activating group) is 2. The molecule has 1 atom stereocenters. The molecule has 0 bridgehead atoms. The van der Waals surface area contributed by atoms with Gasteiger partial charge in [-0.3, -0.25) is 4.79 Å². The Morgan fingerprint density at radius 1 is 1.47 bits per heavy atom. The van der Waals surface area contributed by atoms with Crippen molar-refractivity contribution >= 4 is 5.91 Å². The Morgan fingerprint density at radius 3 is 2.84 bits per heavy atom. The molecule has 1 aliphatic heterocycles. The average Bonchev–Trinajstić information content (AvgIpc) is 2.37. The van der Waals surface area contributed by atoms with E-state index in [4.69, 9.17) is 0 Å². The highest BCUT2D eigenvalue weighted by molar-refractivity contribution is 5.97. The quantitative estimate of drug-likeness (QED) is 0.885. The van der Waals surface area contributed by atoms with Gasteiger partial charge in [-0.2, -0.15) is 0 Å². The summed E-state index contributed by atoms with van der Waals surface area (Å²) in [5.41, 5.74) is 1.34. The van der Waals surface area contributed by atoms with Gasteiger partial charge in [0.15, 0.2) is 0 Å². The van der Waals surface area contributed by atoms with Gasteiger partial charge < -0.3 is 14.9 Å². The summed E-state index contributed by atoms with van der Waals surface area (Å²) in [7, 11) is 3.90. The van der Waals surface area contributed by atoms with Crippen molar-refractivity contribution < 1.29 is 9.90 Å². The summed E-state index contributed by atoms with van der Waals surface area (Å²) in [5, 5.41) is 9.90. The molecule has 4 nitrogen and oxygen atoms in total. The summed E-state index contributed by atoms with van der Waals surface area (Å²) in [4.78, 5) is 16.4. The third-order valence-corrected chi connectivity index (χ3v) is 3.85. The van der Waals surface area contributed by atoms with Crippen LogP contribution in [0, 0.1) is 6.92 Å². The number of hydrogen-bond donors (Lipinski definition) is 1. The zero-order valence-electron chi connectivity index (χ0n) is 11.9. The maximum Gasteiger partial charge on any atom is 0.257 e. The summed E-state index contributed by atoms with van der Waals surface area (Å²) < 4.78 is 0. The van der Waals surface area contributed by atoms with Crippen molar-refractivity contribution in [1.29, 1.82) is 0 Å². The minimum atomic E-state index is -0.0993. The molecular weight excluding hydrogens is 240 g/mol. The molecule has 1 saturated heterocycles.